The number of nitrogens with one attached hydrogen (secondary N) is 1. The predicted molar refractivity (Wildman–Crippen MR) is 60.7 cm³/mol. The molecule has 0 aromatic rings. The van der Waals surface area contributed by atoms with Crippen molar-refractivity contribution in [3.63, 3.8) is 0 Å². The van der Waals surface area contributed by atoms with Crippen LogP contribution in [-0.4, -0.2) is 25.2 Å². The summed E-state index contributed by atoms with van der Waals surface area (Å²) >= 11 is 0. The summed E-state index contributed by atoms with van der Waals surface area (Å²) in [4.78, 5) is 11.5. The maximum absolute atomic E-state index is 11.5. The third kappa shape index (κ3) is 5.17. The number of carbonyl (C=O) groups excluding carboxylic acids is 1. The minimum atomic E-state index is -0.0498. The summed E-state index contributed by atoms with van der Waals surface area (Å²) in [6.45, 7) is 3.73. The van der Waals surface area contributed by atoms with Crippen LogP contribution in [0.2, 0.25) is 0 Å². The number of ether oxygens (including phenoxy) is 1. The maximum Gasteiger partial charge on any atom is 0.323 e. The zero-order chi connectivity index (χ0) is 10.9. The molecule has 1 N–H and O–H groups in total. The topological polar surface area (TPSA) is 38.3 Å². The molecule has 1 aliphatic heterocycles. The smallest absolute Gasteiger partial charge is 0.323 e. The Morgan fingerprint density at radius 2 is 2.20 bits per heavy atom. The van der Waals surface area contributed by atoms with Gasteiger partial charge in [0.1, 0.15) is 6.04 Å². The molecule has 0 radical (unpaired) electrons. The summed E-state index contributed by atoms with van der Waals surface area (Å²) in [6, 6.07) is -0.0371. The summed E-state index contributed by atoms with van der Waals surface area (Å²) < 4.78 is 5.23. The van der Waals surface area contributed by atoms with Crippen LogP contribution in [0, 0.1) is 0 Å². The number of hydrogen-bond acceptors (Lipinski definition) is 3. The molecular weight excluding hydrogens is 190 g/mol. The minimum Gasteiger partial charge on any atom is -0.465 e. The van der Waals surface area contributed by atoms with Gasteiger partial charge in [0.2, 0.25) is 0 Å². The summed E-state index contributed by atoms with van der Waals surface area (Å²) in [5.41, 5.74) is 0. The van der Waals surface area contributed by atoms with Gasteiger partial charge in [-0.25, -0.2) is 0 Å². The number of unbranched alkanes of at least 4 members (excludes halogenated alkanes) is 3. The zero-order valence-corrected chi connectivity index (χ0v) is 9.76. The molecule has 1 heterocycles. The molecule has 3 nitrogen and oxygen atoms in total. The number of piperidine rings is 1. The van der Waals surface area contributed by atoms with Crippen molar-refractivity contribution in [2.45, 2.75) is 57.9 Å². The van der Waals surface area contributed by atoms with E-state index in [1.165, 1.54) is 25.7 Å². The Labute approximate surface area is 92.6 Å². The Bertz CT molecular complexity index is 176. The highest BCUT2D eigenvalue weighted by atomic mass is 16.5. The molecule has 88 valence electrons. The molecule has 15 heavy (non-hydrogen) atoms. The first-order valence-electron chi connectivity index (χ1n) is 6.24. The first-order valence-corrected chi connectivity index (χ1v) is 6.24. The van der Waals surface area contributed by atoms with Gasteiger partial charge >= 0.3 is 5.97 Å². The van der Waals surface area contributed by atoms with Crippen molar-refractivity contribution in [2.24, 2.45) is 0 Å². The van der Waals surface area contributed by atoms with E-state index < -0.39 is 0 Å². The Kier molecular flexibility index (Phi) is 6.41. The lowest BCUT2D eigenvalue weighted by atomic mass is 10.1. The monoisotopic (exact) mass is 213 g/mol. The van der Waals surface area contributed by atoms with E-state index in [1.807, 2.05) is 0 Å². The Morgan fingerprint density at radius 3 is 2.87 bits per heavy atom. The second kappa shape index (κ2) is 7.69. The fourth-order valence-electron chi connectivity index (χ4n) is 1.86. The van der Waals surface area contributed by atoms with Crippen molar-refractivity contribution in [1.29, 1.82) is 0 Å². The first-order chi connectivity index (χ1) is 7.34. The molecule has 0 amide bonds. The second-order valence-corrected chi connectivity index (χ2v) is 4.23. The lowest BCUT2D eigenvalue weighted by molar-refractivity contribution is -0.146. The molecule has 1 unspecified atom stereocenters. The summed E-state index contributed by atoms with van der Waals surface area (Å²) in [5, 5.41) is 3.20. The summed E-state index contributed by atoms with van der Waals surface area (Å²) in [5.74, 6) is -0.0498. The van der Waals surface area contributed by atoms with Crippen LogP contribution >= 0.6 is 0 Å². The van der Waals surface area contributed by atoms with Crippen LogP contribution in [0.25, 0.3) is 0 Å². The summed E-state index contributed by atoms with van der Waals surface area (Å²) in [6.07, 6.45) is 7.89. The quantitative estimate of drug-likeness (QED) is 0.543. The van der Waals surface area contributed by atoms with Gasteiger partial charge in [0.05, 0.1) is 6.61 Å². The molecule has 1 atom stereocenters. The maximum atomic E-state index is 11.5. The van der Waals surface area contributed by atoms with Gasteiger partial charge in [0, 0.05) is 0 Å². The number of hydrogen-bond donors (Lipinski definition) is 1. The Hall–Kier alpha value is -0.570. The second-order valence-electron chi connectivity index (χ2n) is 4.23. The van der Waals surface area contributed by atoms with Gasteiger partial charge in [-0.3, -0.25) is 4.79 Å². The van der Waals surface area contributed by atoms with Gasteiger partial charge in [-0.2, -0.15) is 0 Å². The average Bonchev–Trinajstić information content (AvgIpc) is 2.30. The lowest BCUT2D eigenvalue weighted by Crippen LogP contribution is -2.41. The molecule has 1 rings (SSSR count). The van der Waals surface area contributed by atoms with E-state index in [-0.39, 0.29) is 12.0 Å². The third-order valence-corrected chi connectivity index (χ3v) is 2.84. The van der Waals surface area contributed by atoms with E-state index in [2.05, 4.69) is 12.2 Å². The highest BCUT2D eigenvalue weighted by Crippen LogP contribution is 2.08. The molecule has 0 bridgehead atoms. The molecule has 3 heteroatoms. The van der Waals surface area contributed by atoms with Crippen molar-refractivity contribution >= 4 is 5.97 Å². The molecule has 1 fully saturated rings. The van der Waals surface area contributed by atoms with E-state index in [0.717, 1.165) is 25.8 Å². The molecule has 1 aliphatic rings. The van der Waals surface area contributed by atoms with Crippen molar-refractivity contribution in [2.75, 3.05) is 13.2 Å². The molecule has 0 saturated carbocycles. The van der Waals surface area contributed by atoms with Crippen LogP contribution in [0.5, 0.6) is 0 Å². The average molecular weight is 213 g/mol. The SMILES string of the molecule is CCCCCCOC(=O)C1CCCCN1. The minimum absolute atomic E-state index is 0.0371. The number of rotatable bonds is 6. The fraction of sp³-hybridized carbons (Fsp3) is 0.917. The van der Waals surface area contributed by atoms with Crippen molar-refractivity contribution < 1.29 is 9.53 Å². The van der Waals surface area contributed by atoms with Crippen molar-refractivity contribution in [3.05, 3.63) is 0 Å². The normalized spacial score (nSPS) is 21.3. The highest BCUT2D eigenvalue weighted by Gasteiger charge is 2.21. The van der Waals surface area contributed by atoms with E-state index >= 15 is 0 Å². The van der Waals surface area contributed by atoms with Crippen LogP contribution in [0.1, 0.15) is 51.9 Å². The predicted octanol–water partition coefficient (Wildman–Crippen LogP) is 2.25. The fourth-order valence-corrected chi connectivity index (χ4v) is 1.86. The van der Waals surface area contributed by atoms with Gasteiger partial charge in [0.25, 0.3) is 0 Å². The molecule has 0 aromatic carbocycles. The van der Waals surface area contributed by atoms with Crippen molar-refractivity contribution in [3.8, 4) is 0 Å². The van der Waals surface area contributed by atoms with E-state index in [0.29, 0.717) is 6.61 Å². The molecular formula is C12H23NO2. The largest absolute Gasteiger partial charge is 0.465 e. The van der Waals surface area contributed by atoms with E-state index in [9.17, 15) is 4.79 Å². The van der Waals surface area contributed by atoms with Gasteiger partial charge in [-0.15, -0.1) is 0 Å². The molecule has 0 aliphatic carbocycles. The van der Waals surface area contributed by atoms with Crippen LogP contribution in [0.15, 0.2) is 0 Å². The number of carbonyl (C=O) groups is 1. The Balaban J connectivity index is 2.02. The molecule has 0 spiro atoms. The molecule has 1 saturated heterocycles. The zero-order valence-electron chi connectivity index (χ0n) is 9.76. The highest BCUT2D eigenvalue weighted by molar-refractivity contribution is 5.75. The van der Waals surface area contributed by atoms with Gasteiger partial charge < -0.3 is 10.1 Å². The third-order valence-electron chi connectivity index (χ3n) is 2.84. The van der Waals surface area contributed by atoms with Crippen LogP contribution < -0.4 is 5.32 Å². The van der Waals surface area contributed by atoms with Crippen LogP contribution in [0.3, 0.4) is 0 Å². The van der Waals surface area contributed by atoms with Crippen molar-refractivity contribution in [1.82, 2.24) is 5.32 Å². The summed E-state index contributed by atoms with van der Waals surface area (Å²) in [7, 11) is 0. The standard InChI is InChI=1S/C12H23NO2/c1-2-3-4-7-10-15-12(14)11-8-5-6-9-13-11/h11,13H,2-10H2,1H3. The number of esters is 1. The van der Waals surface area contributed by atoms with Gasteiger partial charge in [-0.05, 0) is 25.8 Å². The van der Waals surface area contributed by atoms with Gasteiger partial charge in [-0.1, -0.05) is 32.6 Å². The first kappa shape index (κ1) is 12.5. The van der Waals surface area contributed by atoms with E-state index in [4.69, 9.17) is 4.74 Å². The Morgan fingerprint density at radius 1 is 1.33 bits per heavy atom. The van der Waals surface area contributed by atoms with Crippen LogP contribution in [0.4, 0.5) is 0 Å². The van der Waals surface area contributed by atoms with Gasteiger partial charge in [0.15, 0.2) is 0 Å². The van der Waals surface area contributed by atoms with Crippen LogP contribution in [-0.2, 0) is 9.53 Å². The molecule has 0 aromatic heterocycles. The lowest BCUT2D eigenvalue weighted by Gasteiger charge is -2.21. The van der Waals surface area contributed by atoms with E-state index in [1.54, 1.807) is 0 Å².